The third-order valence-corrected chi connectivity index (χ3v) is 3.77. The molecule has 0 saturated carbocycles. The summed E-state index contributed by atoms with van der Waals surface area (Å²) in [6, 6.07) is 12.4. The number of aryl methyl sites for hydroxylation is 2. The smallest absolute Gasteiger partial charge is 0.408 e. The lowest BCUT2D eigenvalue weighted by atomic mass is 10.2. The monoisotopic (exact) mass is 325 g/mol. The minimum Gasteiger partial charge on any atom is -0.408 e. The molecule has 0 unspecified atom stereocenters. The maximum atomic E-state index is 12.1. The third kappa shape index (κ3) is 3.17. The van der Waals surface area contributed by atoms with Crippen molar-refractivity contribution in [2.45, 2.75) is 26.8 Å². The highest BCUT2D eigenvalue weighted by Crippen LogP contribution is 2.19. The van der Waals surface area contributed by atoms with Gasteiger partial charge >= 0.3 is 11.8 Å². The number of benzene rings is 2. The summed E-state index contributed by atoms with van der Waals surface area (Å²) in [6.45, 7) is 4.52. The van der Waals surface area contributed by atoms with Crippen molar-refractivity contribution < 1.29 is 9.21 Å². The number of rotatable bonds is 4. The van der Waals surface area contributed by atoms with Gasteiger partial charge in [-0.3, -0.25) is 4.57 Å². The van der Waals surface area contributed by atoms with Crippen molar-refractivity contribution in [3.63, 3.8) is 0 Å². The molecule has 1 aromatic heterocycles. The van der Waals surface area contributed by atoms with Crippen LogP contribution in [0.5, 0.6) is 0 Å². The number of aromatic nitrogens is 1. The van der Waals surface area contributed by atoms with Crippen molar-refractivity contribution in [3.05, 3.63) is 58.6 Å². The number of carbonyl (C=O) groups is 1. The zero-order valence-corrected chi connectivity index (χ0v) is 13.6. The average molecular weight is 325 g/mol. The Hall–Kier alpha value is -3.02. The number of anilines is 2. The van der Waals surface area contributed by atoms with Gasteiger partial charge in [0, 0.05) is 24.0 Å². The second kappa shape index (κ2) is 6.62. The lowest BCUT2D eigenvalue weighted by molar-refractivity contribution is 0.262. The highest BCUT2D eigenvalue weighted by atomic mass is 16.4. The molecule has 6 nitrogen and oxygen atoms in total. The van der Waals surface area contributed by atoms with Crippen LogP contribution in [0.25, 0.3) is 11.1 Å². The second-order valence-corrected chi connectivity index (χ2v) is 5.60. The molecule has 0 aliphatic heterocycles. The van der Waals surface area contributed by atoms with Gasteiger partial charge in [0.25, 0.3) is 0 Å². The Morgan fingerprint density at radius 1 is 1.17 bits per heavy atom. The Labute approximate surface area is 139 Å². The highest BCUT2D eigenvalue weighted by Gasteiger charge is 2.10. The van der Waals surface area contributed by atoms with Gasteiger partial charge < -0.3 is 15.1 Å². The molecule has 6 heteroatoms. The number of urea groups is 1. The largest absolute Gasteiger partial charge is 0.419 e. The van der Waals surface area contributed by atoms with Crippen molar-refractivity contribution in [2.75, 3.05) is 10.6 Å². The molecule has 0 aliphatic carbocycles. The van der Waals surface area contributed by atoms with Gasteiger partial charge in [0.2, 0.25) is 0 Å². The van der Waals surface area contributed by atoms with Crippen LogP contribution in [0, 0.1) is 6.92 Å². The van der Waals surface area contributed by atoms with Gasteiger partial charge in [-0.05, 0) is 37.1 Å². The predicted molar refractivity (Wildman–Crippen MR) is 94.6 cm³/mol. The van der Waals surface area contributed by atoms with E-state index in [1.165, 1.54) is 0 Å². The molecule has 0 aliphatic rings. The summed E-state index contributed by atoms with van der Waals surface area (Å²) in [5, 5.41) is 5.55. The van der Waals surface area contributed by atoms with Gasteiger partial charge in [-0.2, -0.15) is 0 Å². The molecule has 2 N–H and O–H groups in total. The van der Waals surface area contributed by atoms with Gasteiger partial charge in [0.1, 0.15) is 0 Å². The molecule has 2 amide bonds. The first-order valence-electron chi connectivity index (χ1n) is 7.85. The number of amides is 2. The van der Waals surface area contributed by atoms with E-state index in [4.69, 9.17) is 4.42 Å². The number of hydrogen-bond acceptors (Lipinski definition) is 3. The molecule has 0 bridgehead atoms. The van der Waals surface area contributed by atoms with Crippen molar-refractivity contribution >= 4 is 28.5 Å². The van der Waals surface area contributed by atoms with Gasteiger partial charge in [-0.25, -0.2) is 9.59 Å². The summed E-state index contributed by atoms with van der Waals surface area (Å²) in [6.07, 6.45) is 0.841. The minimum absolute atomic E-state index is 0.348. The number of nitrogens with zero attached hydrogens (tertiary/aromatic N) is 1. The number of para-hydroxylation sites is 1. The normalized spacial score (nSPS) is 10.8. The van der Waals surface area contributed by atoms with Crippen LogP contribution >= 0.6 is 0 Å². The van der Waals surface area contributed by atoms with Crippen LogP contribution < -0.4 is 16.4 Å². The fourth-order valence-corrected chi connectivity index (χ4v) is 2.58. The van der Waals surface area contributed by atoms with Crippen molar-refractivity contribution in [2.24, 2.45) is 0 Å². The van der Waals surface area contributed by atoms with E-state index in [9.17, 15) is 9.59 Å². The number of fused-ring (bicyclic) bond motifs is 1. The fraction of sp³-hybridized carbons (Fsp3) is 0.222. The second-order valence-electron chi connectivity index (χ2n) is 5.60. The summed E-state index contributed by atoms with van der Waals surface area (Å²) >= 11 is 0. The zero-order valence-electron chi connectivity index (χ0n) is 13.6. The molecule has 0 radical (unpaired) electrons. The van der Waals surface area contributed by atoms with Gasteiger partial charge in [-0.1, -0.05) is 25.1 Å². The van der Waals surface area contributed by atoms with E-state index in [0.29, 0.717) is 17.8 Å². The van der Waals surface area contributed by atoms with Crippen LogP contribution in [-0.2, 0) is 6.54 Å². The first kappa shape index (κ1) is 15.9. The minimum atomic E-state index is -0.381. The molecule has 124 valence electrons. The van der Waals surface area contributed by atoms with E-state index in [1.807, 2.05) is 38.1 Å². The molecule has 3 aromatic rings. The summed E-state index contributed by atoms with van der Waals surface area (Å²) in [7, 11) is 0. The fourth-order valence-electron chi connectivity index (χ4n) is 2.58. The SMILES string of the molecule is CCCn1c(=O)oc2cc(NC(=O)Nc3ccccc3C)ccc21. The van der Waals surface area contributed by atoms with E-state index >= 15 is 0 Å². The van der Waals surface area contributed by atoms with E-state index in [0.717, 1.165) is 23.2 Å². The lowest BCUT2D eigenvalue weighted by Gasteiger charge is -2.09. The molecule has 0 spiro atoms. The van der Waals surface area contributed by atoms with Crippen LogP contribution in [0.4, 0.5) is 16.2 Å². The van der Waals surface area contributed by atoms with Crippen LogP contribution in [-0.4, -0.2) is 10.6 Å². The van der Waals surface area contributed by atoms with E-state index < -0.39 is 0 Å². The molecule has 3 rings (SSSR count). The predicted octanol–water partition coefficient (Wildman–Crippen LogP) is 3.96. The molecule has 0 saturated heterocycles. The molecule has 2 aromatic carbocycles. The molecule has 24 heavy (non-hydrogen) atoms. The topological polar surface area (TPSA) is 76.3 Å². The molecule has 0 fully saturated rings. The van der Waals surface area contributed by atoms with Crippen molar-refractivity contribution in [1.29, 1.82) is 0 Å². The first-order valence-corrected chi connectivity index (χ1v) is 7.85. The molecule has 1 heterocycles. The Bertz CT molecular complexity index is 940. The number of carbonyl (C=O) groups excluding carboxylic acids is 1. The average Bonchev–Trinajstić information content (AvgIpc) is 2.85. The van der Waals surface area contributed by atoms with Crippen LogP contribution in [0.3, 0.4) is 0 Å². The number of nitrogens with one attached hydrogen (secondary N) is 2. The number of hydrogen-bond donors (Lipinski definition) is 2. The molecular formula is C18H19N3O3. The first-order chi connectivity index (χ1) is 11.6. The van der Waals surface area contributed by atoms with Crippen LogP contribution in [0.1, 0.15) is 18.9 Å². The third-order valence-electron chi connectivity index (χ3n) is 3.77. The summed E-state index contributed by atoms with van der Waals surface area (Å²) < 4.78 is 6.84. The van der Waals surface area contributed by atoms with E-state index in [1.54, 1.807) is 22.8 Å². The lowest BCUT2D eigenvalue weighted by Crippen LogP contribution is -2.19. The van der Waals surface area contributed by atoms with E-state index in [-0.39, 0.29) is 11.8 Å². The summed E-state index contributed by atoms with van der Waals surface area (Å²) in [5.74, 6) is -0.381. The van der Waals surface area contributed by atoms with Gasteiger partial charge in [0.05, 0.1) is 5.52 Å². The Morgan fingerprint density at radius 2 is 1.96 bits per heavy atom. The summed E-state index contributed by atoms with van der Waals surface area (Å²) in [4.78, 5) is 24.0. The van der Waals surface area contributed by atoms with Crippen molar-refractivity contribution in [1.82, 2.24) is 4.57 Å². The van der Waals surface area contributed by atoms with Gasteiger partial charge in [-0.15, -0.1) is 0 Å². The quantitative estimate of drug-likeness (QED) is 0.762. The zero-order chi connectivity index (χ0) is 17.1. The Balaban J connectivity index is 1.79. The highest BCUT2D eigenvalue weighted by molar-refractivity contribution is 6.01. The van der Waals surface area contributed by atoms with Crippen LogP contribution in [0.15, 0.2) is 51.7 Å². The Kier molecular flexibility index (Phi) is 4.37. The van der Waals surface area contributed by atoms with E-state index in [2.05, 4.69) is 10.6 Å². The van der Waals surface area contributed by atoms with Gasteiger partial charge in [0.15, 0.2) is 5.58 Å². The number of oxazole rings is 1. The molecule has 0 atom stereocenters. The maximum Gasteiger partial charge on any atom is 0.419 e. The maximum absolute atomic E-state index is 12.1. The molecular weight excluding hydrogens is 306 g/mol. The van der Waals surface area contributed by atoms with Crippen LogP contribution in [0.2, 0.25) is 0 Å². The Morgan fingerprint density at radius 3 is 2.71 bits per heavy atom. The van der Waals surface area contributed by atoms with Crippen molar-refractivity contribution in [3.8, 4) is 0 Å². The standard InChI is InChI=1S/C18H19N3O3/c1-3-10-21-15-9-8-13(11-16(15)24-18(21)23)19-17(22)20-14-7-5-4-6-12(14)2/h4-9,11H,3,10H2,1-2H3,(H2,19,20,22). The summed E-state index contributed by atoms with van der Waals surface area (Å²) in [5.41, 5.74) is 3.47.